The molecule has 1 N–H and O–H groups in total. The fourth-order valence-electron chi connectivity index (χ4n) is 2.62. The lowest BCUT2D eigenvalue weighted by Gasteiger charge is -2.30. The molecule has 1 atom stereocenters. The predicted molar refractivity (Wildman–Crippen MR) is 68.2 cm³/mol. The Hall–Kier alpha value is -0.0400. The fraction of sp³-hybridized carbons (Fsp3) is 1.00. The minimum atomic E-state index is 0.781. The van der Waals surface area contributed by atoms with Crippen molar-refractivity contribution in [3.05, 3.63) is 0 Å². The molecule has 0 aliphatic heterocycles. The zero-order valence-corrected chi connectivity index (χ0v) is 10.9. The summed E-state index contributed by atoms with van der Waals surface area (Å²) in [5.41, 5.74) is 0. The van der Waals surface area contributed by atoms with Crippen molar-refractivity contribution in [3.8, 4) is 0 Å². The van der Waals surface area contributed by atoms with E-state index in [4.69, 9.17) is 0 Å². The molecule has 1 aliphatic rings. The van der Waals surface area contributed by atoms with Crippen LogP contribution in [0.5, 0.6) is 0 Å². The zero-order chi connectivity index (χ0) is 11.1. The van der Waals surface area contributed by atoms with Gasteiger partial charge in [0.25, 0.3) is 0 Å². The van der Waals surface area contributed by atoms with Crippen LogP contribution in [0.1, 0.15) is 72.1 Å². The smallest absolute Gasteiger partial charge is 0.00698 e. The number of unbranched alkanes of at least 4 members (excludes halogenated alkanes) is 1. The van der Waals surface area contributed by atoms with Crippen molar-refractivity contribution in [2.24, 2.45) is 5.92 Å². The Bertz CT molecular complexity index is 145. The van der Waals surface area contributed by atoms with Crippen LogP contribution in [-0.4, -0.2) is 12.1 Å². The molecule has 1 saturated carbocycles. The SMILES string of the molecule is CCCCC(CC)NC1CCC(C)CC1. The van der Waals surface area contributed by atoms with Gasteiger partial charge in [0.05, 0.1) is 0 Å². The van der Waals surface area contributed by atoms with Crippen LogP contribution in [0, 0.1) is 5.92 Å². The van der Waals surface area contributed by atoms with Gasteiger partial charge in [0.2, 0.25) is 0 Å². The largest absolute Gasteiger partial charge is 0.311 e. The van der Waals surface area contributed by atoms with Gasteiger partial charge in [-0.15, -0.1) is 0 Å². The van der Waals surface area contributed by atoms with Gasteiger partial charge in [-0.3, -0.25) is 0 Å². The molecule has 1 nitrogen and oxygen atoms in total. The van der Waals surface area contributed by atoms with Gasteiger partial charge in [0, 0.05) is 12.1 Å². The second kappa shape index (κ2) is 7.27. The summed E-state index contributed by atoms with van der Waals surface area (Å²) in [5, 5.41) is 3.86. The average Bonchev–Trinajstić information content (AvgIpc) is 2.27. The van der Waals surface area contributed by atoms with Crippen molar-refractivity contribution in [2.45, 2.75) is 84.2 Å². The monoisotopic (exact) mass is 211 g/mol. The second-order valence-corrected chi connectivity index (χ2v) is 5.37. The highest BCUT2D eigenvalue weighted by Gasteiger charge is 2.19. The van der Waals surface area contributed by atoms with Crippen LogP contribution < -0.4 is 5.32 Å². The summed E-state index contributed by atoms with van der Waals surface area (Å²) in [7, 11) is 0. The Kier molecular flexibility index (Phi) is 6.31. The van der Waals surface area contributed by atoms with Gasteiger partial charge in [-0.2, -0.15) is 0 Å². The summed E-state index contributed by atoms with van der Waals surface area (Å²) in [6.07, 6.45) is 11.1. The van der Waals surface area contributed by atoms with Gasteiger partial charge in [-0.25, -0.2) is 0 Å². The minimum absolute atomic E-state index is 0.781. The summed E-state index contributed by atoms with van der Waals surface area (Å²) in [6, 6.07) is 1.60. The van der Waals surface area contributed by atoms with E-state index in [1.165, 1.54) is 51.4 Å². The molecule has 0 heterocycles. The molecule has 0 bridgehead atoms. The Morgan fingerprint density at radius 1 is 1.13 bits per heavy atom. The van der Waals surface area contributed by atoms with E-state index in [2.05, 4.69) is 26.1 Å². The standard InChI is InChI=1S/C14H29N/c1-4-6-7-13(5-2)15-14-10-8-12(3)9-11-14/h12-15H,4-11H2,1-3H3. The van der Waals surface area contributed by atoms with Gasteiger partial charge in [0.15, 0.2) is 0 Å². The Morgan fingerprint density at radius 2 is 1.80 bits per heavy atom. The predicted octanol–water partition coefficient (Wildman–Crippen LogP) is 4.12. The first-order chi connectivity index (χ1) is 7.26. The van der Waals surface area contributed by atoms with E-state index in [-0.39, 0.29) is 0 Å². The molecule has 0 spiro atoms. The second-order valence-electron chi connectivity index (χ2n) is 5.37. The molecule has 15 heavy (non-hydrogen) atoms. The number of hydrogen-bond acceptors (Lipinski definition) is 1. The zero-order valence-electron chi connectivity index (χ0n) is 10.9. The van der Waals surface area contributed by atoms with Crippen molar-refractivity contribution in [2.75, 3.05) is 0 Å². The summed E-state index contributed by atoms with van der Waals surface area (Å²) >= 11 is 0. The molecule has 0 radical (unpaired) electrons. The molecule has 1 aliphatic carbocycles. The third-order valence-corrected chi connectivity index (χ3v) is 3.89. The van der Waals surface area contributed by atoms with E-state index in [0.29, 0.717) is 0 Å². The van der Waals surface area contributed by atoms with Gasteiger partial charge < -0.3 is 5.32 Å². The number of nitrogens with one attached hydrogen (secondary N) is 1. The van der Waals surface area contributed by atoms with Crippen LogP contribution in [-0.2, 0) is 0 Å². The van der Waals surface area contributed by atoms with Crippen molar-refractivity contribution in [3.63, 3.8) is 0 Å². The molecule has 1 rings (SSSR count). The normalized spacial score (nSPS) is 29.0. The van der Waals surface area contributed by atoms with E-state index in [1.807, 2.05) is 0 Å². The molecule has 90 valence electrons. The highest BCUT2D eigenvalue weighted by atomic mass is 14.9. The van der Waals surface area contributed by atoms with E-state index in [1.54, 1.807) is 0 Å². The first-order valence-electron chi connectivity index (χ1n) is 7.02. The first kappa shape index (κ1) is 13.0. The molecule has 0 aromatic carbocycles. The van der Waals surface area contributed by atoms with Crippen LogP contribution in [0.2, 0.25) is 0 Å². The van der Waals surface area contributed by atoms with Crippen molar-refractivity contribution in [1.82, 2.24) is 5.32 Å². The molecular formula is C14H29N. The minimum Gasteiger partial charge on any atom is -0.311 e. The first-order valence-corrected chi connectivity index (χ1v) is 7.02. The van der Waals surface area contributed by atoms with Crippen molar-refractivity contribution >= 4 is 0 Å². The maximum Gasteiger partial charge on any atom is 0.00698 e. The lowest BCUT2D eigenvalue weighted by atomic mass is 9.87. The molecular weight excluding hydrogens is 182 g/mol. The lowest BCUT2D eigenvalue weighted by Crippen LogP contribution is -2.40. The number of rotatable bonds is 6. The molecule has 1 heteroatoms. The van der Waals surface area contributed by atoms with Crippen LogP contribution in [0.25, 0.3) is 0 Å². The maximum absolute atomic E-state index is 3.86. The quantitative estimate of drug-likeness (QED) is 0.697. The third-order valence-electron chi connectivity index (χ3n) is 3.89. The van der Waals surface area contributed by atoms with E-state index in [9.17, 15) is 0 Å². The Morgan fingerprint density at radius 3 is 2.33 bits per heavy atom. The topological polar surface area (TPSA) is 12.0 Å². The highest BCUT2D eigenvalue weighted by Crippen LogP contribution is 2.24. The summed E-state index contributed by atoms with van der Waals surface area (Å²) < 4.78 is 0. The summed E-state index contributed by atoms with van der Waals surface area (Å²) in [5.74, 6) is 0.971. The highest BCUT2D eigenvalue weighted by molar-refractivity contribution is 4.78. The Labute approximate surface area is 96.0 Å². The van der Waals surface area contributed by atoms with Crippen molar-refractivity contribution in [1.29, 1.82) is 0 Å². The maximum atomic E-state index is 3.86. The van der Waals surface area contributed by atoms with Crippen molar-refractivity contribution < 1.29 is 0 Å². The molecule has 0 aromatic rings. The van der Waals surface area contributed by atoms with E-state index in [0.717, 1.165) is 18.0 Å². The Balaban J connectivity index is 2.19. The van der Waals surface area contributed by atoms with Crippen LogP contribution >= 0.6 is 0 Å². The number of hydrogen-bond donors (Lipinski definition) is 1. The van der Waals surface area contributed by atoms with Crippen LogP contribution in [0.4, 0.5) is 0 Å². The van der Waals surface area contributed by atoms with Crippen LogP contribution in [0.3, 0.4) is 0 Å². The molecule has 0 aromatic heterocycles. The van der Waals surface area contributed by atoms with E-state index < -0.39 is 0 Å². The molecule has 0 saturated heterocycles. The van der Waals surface area contributed by atoms with Gasteiger partial charge >= 0.3 is 0 Å². The fourth-order valence-corrected chi connectivity index (χ4v) is 2.62. The third kappa shape index (κ3) is 5.01. The van der Waals surface area contributed by atoms with Gasteiger partial charge in [-0.1, -0.05) is 33.6 Å². The summed E-state index contributed by atoms with van der Waals surface area (Å²) in [6.45, 7) is 7.00. The lowest BCUT2D eigenvalue weighted by molar-refractivity contribution is 0.276. The summed E-state index contributed by atoms with van der Waals surface area (Å²) in [4.78, 5) is 0. The van der Waals surface area contributed by atoms with E-state index >= 15 is 0 Å². The average molecular weight is 211 g/mol. The van der Waals surface area contributed by atoms with Gasteiger partial charge in [-0.05, 0) is 44.4 Å². The molecule has 1 unspecified atom stereocenters. The van der Waals surface area contributed by atoms with Gasteiger partial charge in [0.1, 0.15) is 0 Å². The molecule has 0 amide bonds. The molecule has 1 fully saturated rings. The van der Waals surface area contributed by atoms with Crippen LogP contribution in [0.15, 0.2) is 0 Å².